The van der Waals surface area contributed by atoms with Crippen LogP contribution in [0.25, 0.3) is 0 Å². The molecule has 1 aromatic rings. The molecule has 7 heteroatoms. The second-order valence-corrected chi connectivity index (χ2v) is 5.40. The number of aliphatic hydroxyl groups is 1. The maximum absolute atomic E-state index is 12.4. The third-order valence-corrected chi connectivity index (χ3v) is 3.99. The molecule has 1 unspecified atom stereocenters. The molecule has 1 saturated heterocycles. The summed E-state index contributed by atoms with van der Waals surface area (Å²) >= 11 is 0. The molecule has 1 atom stereocenters. The third kappa shape index (κ3) is 3.30. The third-order valence-electron chi connectivity index (χ3n) is 3.99. The molecule has 1 aliphatic heterocycles. The summed E-state index contributed by atoms with van der Waals surface area (Å²) in [5.74, 6) is -0.100. The topological polar surface area (TPSA) is 110 Å². The average molecular weight is 293 g/mol. The Kier molecular flexibility index (Phi) is 4.42. The number of nitrogens with zero attached hydrogens (tertiary/aromatic N) is 2. The van der Waals surface area contributed by atoms with E-state index in [0.717, 1.165) is 12.8 Å². The molecule has 114 valence electrons. The van der Waals surface area contributed by atoms with Crippen LogP contribution in [0.2, 0.25) is 0 Å². The molecule has 1 fully saturated rings. The Labute approximate surface area is 122 Å². The van der Waals surface area contributed by atoms with Gasteiger partial charge in [0, 0.05) is 30.9 Å². The Bertz CT molecular complexity index is 551. The lowest BCUT2D eigenvalue weighted by molar-refractivity contribution is -0.384. The van der Waals surface area contributed by atoms with Gasteiger partial charge in [0.25, 0.3) is 11.6 Å². The van der Waals surface area contributed by atoms with Gasteiger partial charge in [-0.05, 0) is 31.7 Å². The zero-order valence-electron chi connectivity index (χ0n) is 11.9. The average Bonchev–Trinajstić information content (AvgIpc) is 2.47. The van der Waals surface area contributed by atoms with E-state index in [0.29, 0.717) is 13.1 Å². The van der Waals surface area contributed by atoms with E-state index in [1.54, 1.807) is 11.8 Å². The van der Waals surface area contributed by atoms with Gasteiger partial charge < -0.3 is 15.7 Å². The van der Waals surface area contributed by atoms with Gasteiger partial charge in [-0.15, -0.1) is 0 Å². The first-order valence-electron chi connectivity index (χ1n) is 6.91. The Morgan fingerprint density at radius 1 is 1.48 bits per heavy atom. The van der Waals surface area contributed by atoms with Crippen LogP contribution in [0.3, 0.4) is 0 Å². The summed E-state index contributed by atoms with van der Waals surface area (Å²) in [6.07, 6.45) is 1.06. The minimum absolute atomic E-state index is 0.147. The first-order chi connectivity index (χ1) is 9.90. The van der Waals surface area contributed by atoms with Gasteiger partial charge in [0.15, 0.2) is 0 Å². The highest BCUT2D eigenvalue weighted by atomic mass is 16.6. The summed E-state index contributed by atoms with van der Waals surface area (Å²) in [7, 11) is 0. The van der Waals surface area contributed by atoms with Crippen molar-refractivity contribution in [2.45, 2.75) is 25.9 Å². The van der Waals surface area contributed by atoms with Crippen LogP contribution in [0, 0.1) is 16.0 Å². The zero-order valence-corrected chi connectivity index (χ0v) is 11.9. The lowest BCUT2D eigenvalue weighted by atomic mass is 9.92. The van der Waals surface area contributed by atoms with Crippen LogP contribution in [0.1, 0.15) is 30.1 Å². The van der Waals surface area contributed by atoms with E-state index in [4.69, 9.17) is 5.73 Å². The van der Waals surface area contributed by atoms with Crippen molar-refractivity contribution in [2.24, 2.45) is 5.92 Å². The summed E-state index contributed by atoms with van der Waals surface area (Å²) in [5.41, 5.74) is 6.02. The molecule has 0 spiro atoms. The minimum atomic E-state index is -0.546. The van der Waals surface area contributed by atoms with Crippen molar-refractivity contribution in [3.8, 4) is 0 Å². The summed E-state index contributed by atoms with van der Waals surface area (Å²) < 4.78 is 0. The number of benzene rings is 1. The highest BCUT2D eigenvalue weighted by Crippen LogP contribution is 2.25. The number of rotatable bonds is 3. The van der Waals surface area contributed by atoms with Gasteiger partial charge in [0.05, 0.1) is 16.6 Å². The number of hydrogen-bond acceptors (Lipinski definition) is 5. The predicted molar refractivity (Wildman–Crippen MR) is 77.8 cm³/mol. The van der Waals surface area contributed by atoms with Crippen LogP contribution in [0.15, 0.2) is 18.2 Å². The SMILES string of the molecule is CC(O)C1CCN(C(=O)c2cc([N+](=O)[O-])ccc2N)CC1. The number of carbonyl (C=O) groups is 1. The lowest BCUT2D eigenvalue weighted by Gasteiger charge is -2.33. The Hall–Kier alpha value is -2.15. The number of hydrogen-bond donors (Lipinski definition) is 2. The number of non-ortho nitro benzene ring substituents is 1. The van der Waals surface area contributed by atoms with Gasteiger partial charge in [-0.2, -0.15) is 0 Å². The highest BCUT2D eigenvalue weighted by Gasteiger charge is 2.27. The first kappa shape index (κ1) is 15.2. The molecule has 2 rings (SSSR count). The van der Waals surface area contributed by atoms with Gasteiger partial charge in [0.1, 0.15) is 0 Å². The molecule has 1 aromatic carbocycles. The molecule has 0 radical (unpaired) electrons. The van der Waals surface area contributed by atoms with E-state index >= 15 is 0 Å². The van der Waals surface area contributed by atoms with Gasteiger partial charge in [0.2, 0.25) is 0 Å². The van der Waals surface area contributed by atoms with Crippen molar-refractivity contribution in [2.75, 3.05) is 18.8 Å². The van der Waals surface area contributed by atoms with Gasteiger partial charge in [-0.3, -0.25) is 14.9 Å². The number of nitrogens with two attached hydrogens (primary N) is 1. The van der Waals surface area contributed by atoms with Gasteiger partial charge in [-0.25, -0.2) is 0 Å². The maximum Gasteiger partial charge on any atom is 0.270 e. The molecular weight excluding hydrogens is 274 g/mol. The van der Waals surface area contributed by atoms with E-state index in [1.165, 1.54) is 18.2 Å². The molecule has 0 aliphatic carbocycles. The molecule has 0 saturated carbocycles. The van der Waals surface area contributed by atoms with Crippen molar-refractivity contribution in [3.63, 3.8) is 0 Å². The fraction of sp³-hybridized carbons (Fsp3) is 0.500. The fourth-order valence-electron chi connectivity index (χ4n) is 2.60. The molecule has 21 heavy (non-hydrogen) atoms. The second-order valence-electron chi connectivity index (χ2n) is 5.40. The Morgan fingerprint density at radius 2 is 2.10 bits per heavy atom. The molecule has 7 nitrogen and oxygen atoms in total. The molecule has 1 heterocycles. The summed E-state index contributed by atoms with van der Waals surface area (Å²) in [5, 5.41) is 20.4. The fourth-order valence-corrected chi connectivity index (χ4v) is 2.60. The molecule has 3 N–H and O–H groups in total. The van der Waals surface area contributed by atoms with Crippen molar-refractivity contribution in [1.82, 2.24) is 4.90 Å². The van der Waals surface area contributed by atoms with E-state index in [9.17, 15) is 20.0 Å². The standard InChI is InChI=1S/C14H19N3O4/c1-9(18)10-4-6-16(7-5-10)14(19)12-8-11(17(20)21)2-3-13(12)15/h2-3,8-10,18H,4-7,15H2,1H3. The van der Waals surface area contributed by atoms with Gasteiger partial charge >= 0.3 is 0 Å². The highest BCUT2D eigenvalue weighted by molar-refractivity contribution is 5.99. The van der Waals surface area contributed by atoms with Crippen LogP contribution < -0.4 is 5.73 Å². The van der Waals surface area contributed by atoms with Crippen LogP contribution >= 0.6 is 0 Å². The molecule has 1 amide bonds. The largest absolute Gasteiger partial charge is 0.398 e. The van der Waals surface area contributed by atoms with E-state index in [-0.39, 0.29) is 34.9 Å². The first-order valence-corrected chi connectivity index (χ1v) is 6.91. The Balaban J connectivity index is 2.14. The van der Waals surface area contributed by atoms with Crippen LogP contribution in [0.4, 0.5) is 11.4 Å². The monoisotopic (exact) mass is 293 g/mol. The predicted octanol–water partition coefficient (Wildman–Crippen LogP) is 1.41. The van der Waals surface area contributed by atoms with Crippen molar-refractivity contribution in [3.05, 3.63) is 33.9 Å². The number of nitrogen functional groups attached to an aromatic ring is 1. The normalized spacial score (nSPS) is 17.5. The number of carbonyl (C=O) groups excluding carboxylic acids is 1. The van der Waals surface area contributed by atoms with Gasteiger partial charge in [-0.1, -0.05) is 0 Å². The second kappa shape index (κ2) is 6.09. The summed E-state index contributed by atoms with van der Waals surface area (Å²) in [6.45, 7) is 2.80. The number of amides is 1. The molecular formula is C14H19N3O4. The Morgan fingerprint density at radius 3 is 2.62 bits per heavy atom. The van der Waals surface area contributed by atoms with Crippen LogP contribution in [-0.2, 0) is 0 Å². The molecule has 1 aliphatic rings. The van der Waals surface area contributed by atoms with Crippen molar-refractivity contribution in [1.29, 1.82) is 0 Å². The van der Waals surface area contributed by atoms with E-state index < -0.39 is 4.92 Å². The number of nitro benzene ring substituents is 1. The number of anilines is 1. The number of aliphatic hydroxyl groups excluding tert-OH is 1. The number of nitro groups is 1. The zero-order chi connectivity index (χ0) is 15.6. The summed E-state index contributed by atoms with van der Waals surface area (Å²) in [6, 6.07) is 3.89. The number of likely N-dealkylation sites (tertiary alicyclic amines) is 1. The number of piperidine rings is 1. The van der Waals surface area contributed by atoms with Crippen molar-refractivity contribution >= 4 is 17.3 Å². The van der Waals surface area contributed by atoms with Crippen molar-refractivity contribution < 1.29 is 14.8 Å². The van der Waals surface area contributed by atoms with Crippen LogP contribution in [0.5, 0.6) is 0 Å². The van der Waals surface area contributed by atoms with E-state index in [1.807, 2.05) is 0 Å². The quantitative estimate of drug-likeness (QED) is 0.497. The lowest BCUT2D eigenvalue weighted by Crippen LogP contribution is -2.41. The smallest absolute Gasteiger partial charge is 0.270 e. The summed E-state index contributed by atoms with van der Waals surface area (Å²) in [4.78, 5) is 24.3. The minimum Gasteiger partial charge on any atom is -0.398 e. The molecule has 0 aromatic heterocycles. The van der Waals surface area contributed by atoms with Crippen LogP contribution in [-0.4, -0.2) is 40.0 Å². The maximum atomic E-state index is 12.4. The van der Waals surface area contributed by atoms with E-state index in [2.05, 4.69) is 0 Å². The molecule has 0 bridgehead atoms.